The van der Waals surface area contributed by atoms with Gasteiger partial charge < -0.3 is 4.57 Å². The molecule has 1 heterocycles. The van der Waals surface area contributed by atoms with E-state index in [1.807, 2.05) is 47.0 Å². The van der Waals surface area contributed by atoms with Gasteiger partial charge >= 0.3 is 0 Å². The third-order valence-corrected chi connectivity index (χ3v) is 4.44. The molecule has 112 valence electrons. The third-order valence-electron chi connectivity index (χ3n) is 4.12. The summed E-state index contributed by atoms with van der Waals surface area (Å²) in [5, 5.41) is 21.1. The van der Waals surface area contributed by atoms with Gasteiger partial charge in [0.1, 0.15) is 0 Å². The molecule has 0 fully saturated rings. The minimum Gasteiger partial charge on any atom is -0.308 e. The lowest BCUT2D eigenvalue weighted by Gasteiger charge is -2.10. The maximum atomic E-state index is 9.24. The number of hydrogen-bond acceptors (Lipinski definition) is 2. The second-order valence-corrected chi connectivity index (χ2v) is 5.88. The number of nitriles is 2. The molecule has 0 saturated heterocycles. The molecule has 0 aliphatic carbocycles. The number of nitrogens with zero attached hydrogens (tertiary/aromatic N) is 3. The summed E-state index contributed by atoms with van der Waals surface area (Å²) in [5.74, 6) is 0. The lowest BCUT2D eigenvalue weighted by atomic mass is 10.1. The highest BCUT2D eigenvalue weighted by molar-refractivity contribution is 6.32. The van der Waals surface area contributed by atoms with Crippen LogP contribution in [-0.2, 0) is 0 Å². The lowest BCUT2D eigenvalue weighted by molar-refractivity contribution is 1.18. The molecule has 4 rings (SSSR count). The van der Waals surface area contributed by atoms with Crippen molar-refractivity contribution in [1.29, 1.82) is 10.5 Å². The number of para-hydroxylation sites is 1. The lowest BCUT2D eigenvalue weighted by Crippen LogP contribution is -1.96. The fourth-order valence-corrected chi connectivity index (χ4v) is 3.26. The van der Waals surface area contributed by atoms with Crippen LogP contribution in [0.15, 0.2) is 60.7 Å². The topological polar surface area (TPSA) is 52.5 Å². The van der Waals surface area contributed by atoms with Gasteiger partial charge in [-0.1, -0.05) is 35.9 Å². The quantitative estimate of drug-likeness (QED) is 0.483. The van der Waals surface area contributed by atoms with E-state index < -0.39 is 0 Å². The molecule has 4 heteroatoms. The number of fused-ring (bicyclic) bond motifs is 3. The number of halogens is 1. The Morgan fingerprint density at radius 3 is 2.21 bits per heavy atom. The summed E-state index contributed by atoms with van der Waals surface area (Å²) in [7, 11) is 0. The molecule has 3 nitrogen and oxygen atoms in total. The number of benzene rings is 3. The van der Waals surface area contributed by atoms with Gasteiger partial charge in [-0.05, 0) is 36.4 Å². The summed E-state index contributed by atoms with van der Waals surface area (Å²) in [5.41, 5.74) is 3.74. The zero-order chi connectivity index (χ0) is 16.7. The van der Waals surface area contributed by atoms with Crippen molar-refractivity contribution in [3.63, 3.8) is 0 Å². The second kappa shape index (κ2) is 5.42. The molecule has 0 atom stereocenters. The fourth-order valence-electron chi connectivity index (χ4n) is 3.05. The van der Waals surface area contributed by atoms with Gasteiger partial charge in [-0.25, -0.2) is 0 Å². The Morgan fingerprint density at radius 2 is 1.42 bits per heavy atom. The van der Waals surface area contributed by atoms with Gasteiger partial charge in [0.05, 0.1) is 45.0 Å². The Kier molecular flexibility index (Phi) is 3.24. The summed E-state index contributed by atoms with van der Waals surface area (Å²) < 4.78 is 2.01. The molecule has 0 amide bonds. The Bertz CT molecular complexity index is 1190. The Hall–Kier alpha value is -3.27. The van der Waals surface area contributed by atoms with Crippen molar-refractivity contribution in [2.75, 3.05) is 0 Å². The monoisotopic (exact) mass is 327 g/mol. The van der Waals surface area contributed by atoms with E-state index in [1.54, 1.807) is 18.2 Å². The molecule has 0 spiro atoms. The first kappa shape index (κ1) is 14.3. The molecule has 0 radical (unpaired) electrons. The van der Waals surface area contributed by atoms with Crippen LogP contribution in [0.1, 0.15) is 11.1 Å². The fraction of sp³-hybridized carbons (Fsp3) is 0. The Labute approximate surface area is 143 Å². The first-order chi connectivity index (χ1) is 11.7. The van der Waals surface area contributed by atoms with E-state index in [1.165, 1.54) is 0 Å². The van der Waals surface area contributed by atoms with Crippen LogP contribution in [0.3, 0.4) is 0 Å². The molecule has 0 aliphatic heterocycles. The van der Waals surface area contributed by atoms with Crippen LogP contribution in [0.5, 0.6) is 0 Å². The van der Waals surface area contributed by atoms with E-state index in [0.29, 0.717) is 16.1 Å². The number of aromatic nitrogens is 1. The second-order valence-electron chi connectivity index (χ2n) is 5.47. The van der Waals surface area contributed by atoms with E-state index in [2.05, 4.69) is 12.1 Å². The van der Waals surface area contributed by atoms with Crippen LogP contribution >= 0.6 is 11.6 Å². The number of hydrogen-bond donors (Lipinski definition) is 0. The highest BCUT2D eigenvalue weighted by atomic mass is 35.5. The smallest absolute Gasteiger partial charge is 0.0992 e. The molecule has 1 aromatic heterocycles. The average molecular weight is 328 g/mol. The van der Waals surface area contributed by atoms with Crippen molar-refractivity contribution in [1.82, 2.24) is 4.57 Å². The van der Waals surface area contributed by atoms with Crippen molar-refractivity contribution < 1.29 is 0 Å². The van der Waals surface area contributed by atoms with Crippen LogP contribution in [0.2, 0.25) is 5.02 Å². The molecule has 4 aromatic rings. The van der Waals surface area contributed by atoms with E-state index in [4.69, 9.17) is 11.6 Å². The van der Waals surface area contributed by atoms with Crippen molar-refractivity contribution in [3.05, 3.63) is 76.8 Å². The third kappa shape index (κ3) is 2.04. The van der Waals surface area contributed by atoms with Crippen molar-refractivity contribution in [2.45, 2.75) is 0 Å². The summed E-state index contributed by atoms with van der Waals surface area (Å²) in [6, 6.07) is 23.1. The average Bonchev–Trinajstić information content (AvgIpc) is 2.95. The van der Waals surface area contributed by atoms with Crippen LogP contribution in [0.4, 0.5) is 0 Å². The zero-order valence-electron chi connectivity index (χ0n) is 12.5. The van der Waals surface area contributed by atoms with Crippen LogP contribution in [-0.4, -0.2) is 4.57 Å². The minimum absolute atomic E-state index is 0.539. The van der Waals surface area contributed by atoms with E-state index in [-0.39, 0.29) is 0 Å². The SMILES string of the molecule is N#Cc1ccc(Cl)c(-n2c3ccccc3c3ccc(C#N)cc32)c1. The highest BCUT2D eigenvalue weighted by Gasteiger charge is 2.15. The standard InChI is InChI=1S/C20H10ClN3/c21-17-8-6-14(12-23)10-20(17)24-18-4-2-1-3-15(18)16-7-5-13(11-22)9-19(16)24/h1-10H. The molecular weight excluding hydrogens is 318 g/mol. The Morgan fingerprint density at radius 1 is 0.750 bits per heavy atom. The zero-order valence-corrected chi connectivity index (χ0v) is 13.2. The van der Waals surface area contributed by atoms with E-state index in [9.17, 15) is 10.5 Å². The molecule has 0 unspecified atom stereocenters. The van der Waals surface area contributed by atoms with Crippen molar-refractivity contribution in [2.24, 2.45) is 0 Å². The molecule has 24 heavy (non-hydrogen) atoms. The van der Waals surface area contributed by atoms with Gasteiger partial charge in [-0.3, -0.25) is 0 Å². The first-order valence-electron chi connectivity index (χ1n) is 7.36. The maximum Gasteiger partial charge on any atom is 0.0992 e. The largest absolute Gasteiger partial charge is 0.308 e. The van der Waals surface area contributed by atoms with Gasteiger partial charge in [0, 0.05) is 10.8 Å². The maximum absolute atomic E-state index is 9.24. The molecule has 0 bridgehead atoms. The van der Waals surface area contributed by atoms with Crippen molar-refractivity contribution >= 4 is 33.4 Å². The van der Waals surface area contributed by atoms with Crippen molar-refractivity contribution in [3.8, 4) is 17.8 Å². The summed E-state index contributed by atoms with van der Waals surface area (Å²) >= 11 is 6.42. The normalized spacial score (nSPS) is 10.6. The van der Waals surface area contributed by atoms with Gasteiger partial charge in [0.25, 0.3) is 0 Å². The molecular formula is C20H10ClN3. The summed E-state index contributed by atoms with van der Waals surface area (Å²) in [6.45, 7) is 0. The summed E-state index contributed by atoms with van der Waals surface area (Å²) in [6.07, 6.45) is 0. The predicted octanol–water partition coefficient (Wildman–Crippen LogP) is 5.18. The van der Waals surface area contributed by atoms with Crippen LogP contribution < -0.4 is 0 Å². The predicted molar refractivity (Wildman–Crippen MR) is 95.2 cm³/mol. The highest BCUT2D eigenvalue weighted by Crippen LogP contribution is 2.35. The molecule has 0 N–H and O–H groups in total. The van der Waals surface area contributed by atoms with Crippen LogP contribution in [0, 0.1) is 22.7 Å². The Balaban J connectivity index is 2.21. The summed E-state index contributed by atoms with van der Waals surface area (Å²) in [4.78, 5) is 0. The molecule has 3 aromatic carbocycles. The molecule has 0 aliphatic rings. The first-order valence-corrected chi connectivity index (χ1v) is 7.74. The van der Waals surface area contributed by atoms with Crippen LogP contribution in [0.25, 0.3) is 27.5 Å². The van der Waals surface area contributed by atoms with E-state index in [0.717, 1.165) is 27.5 Å². The minimum atomic E-state index is 0.539. The van der Waals surface area contributed by atoms with Gasteiger partial charge in [-0.15, -0.1) is 0 Å². The van der Waals surface area contributed by atoms with Gasteiger partial charge in [-0.2, -0.15) is 10.5 Å². The number of rotatable bonds is 1. The van der Waals surface area contributed by atoms with Gasteiger partial charge in [0.15, 0.2) is 0 Å². The van der Waals surface area contributed by atoms with E-state index >= 15 is 0 Å². The molecule has 0 saturated carbocycles. The van der Waals surface area contributed by atoms with Gasteiger partial charge in [0.2, 0.25) is 0 Å².